The Morgan fingerprint density at radius 1 is 1.31 bits per heavy atom. The second kappa shape index (κ2) is 7.79. The average molecular weight is 258 g/mol. The van der Waals surface area contributed by atoms with Crippen LogP contribution >= 0.6 is 23.5 Å². The van der Waals surface area contributed by atoms with Gasteiger partial charge in [0.05, 0.1) is 5.69 Å². The molecule has 5 heteroatoms. The molecule has 1 aromatic rings. The van der Waals surface area contributed by atoms with Crippen LogP contribution in [0.2, 0.25) is 0 Å². The molecule has 0 spiro atoms. The molecule has 90 valence electrons. The topological polar surface area (TPSA) is 45.8 Å². The molecule has 3 nitrogen and oxygen atoms in total. The van der Waals surface area contributed by atoms with Gasteiger partial charge in [-0.25, -0.2) is 4.98 Å². The molecule has 0 saturated heterocycles. The summed E-state index contributed by atoms with van der Waals surface area (Å²) in [5, 5.41) is 0.751. The van der Waals surface area contributed by atoms with Gasteiger partial charge in [-0.05, 0) is 18.6 Å². The molecule has 0 bridgehead atoms. The average Bonchev–Trinajstić information content (AvgIpc) is 2.26. The van der Waals surface area contributed by atoms with Crippen molar-refractivity contribution in [2.75, 3.05) is 11.5 Å². The van der Waals surface area contributed by atoms with Crippen LogP contribution in [0.5, 0.6) is 0 Å². The van der Waals surface area contributed by atoms with Gasteiger partial charge in [0.25, 0.3) is 5.56 Å². The molecule has 0 aliphatic rings. The summed E-state index contributed by atoms with van der Waals surface area (Å²) in [5.41, 5.74) is 0.849. The second-order valence-corrected chi connectivity index (χ2v) is 5.63. The number of hydrogen-bond donors (Lipinski definition) is 1. The van der Waals surface area contributed by atoms with Crippen LogP contribution in [0.1, 0.15) is 32.4 Å². The van der Waals surface area contributed by atoms with Gasteiger partial charge in [0.2, 0.25) is 0 Å². The monoisotopic (exact) mass is 258 g/mol. The van der Waals surface area contributed by atoms with Gasteiger partial charge in [-0.2, -0.15) is 11.8 Å². The van der Waals surface area contributed by atoms with Gasteiger partial charge in [0.1, 0.15) is 0 Å². The molecule has 0 aromatic carbocycles. The lowest BCUT2D eigenvalue weighted by Crippen LogP contribution is -2.09. The zero-order valence-corrected chi connectivity index (χ0v) is 11.4. The van der Waals surface area contributed by atoms with Gasteiger partial charge in [-0.1, -0.05) is 25.6 Å². The first-order valence-electron chi connectivity index (χ1n) is 5.57. The summed E-state index contributed by atoms with van der Waals surface area (Å²) in [5.74, 6) is 2.94. The van der Waals surface area contributed by atoms with E-state index in [4.69, 9.17) is 0 Å². The molecule has 0 radical (unpaired) electrons. The quantitative estimate of drug-likeness (QED) is 0.464. The van der Waals surface area contributed by atoms with Crippen LogP contribution < -0.4 is 5.56 Å². The summed E-state index contributed by atoms with van der Waals surface area (Å²) < 4.78 is 0. The van der Waals surface area contributed by atoms with E-state index < -0.39 is 0 Å². The Hall–Kier alpha value is -0.420. The van der Waals surface area contributed by atoms with Crippen LogP contribution in [-0.2, 0) is 5.75 Å². The lowest BCUT2D eigenvalue weighted by atomic mass is 10.5. The number of rotatable bonds is 7. The first-order chi connectivity index (χ1) is 7.76. The maximum Gasteiger partial charge on any atom is 0.251 e. The third-order valence-corrected chi connectivity index (χ3v) is 4.09. The van der Waals surface area contributed by atoms with Gasteiger partial charge < -0.3 is 4.98 Å². The Morgan fingerprint density at radius 2 is 2.06 bits per heavy atom. The van der Waals surface area contributed by atoms with Gasteiger partial charge >= 0.3 is 0 Å². The van der Waals surface area contributed by atoms with Gasteiger partial charge in [-0.15, -0.1) is 0 Å². The van der Waals surface area contributed by atoms with E-state index in [9.17, 15) is 4.79 Å². The van der Waals surface area contributed by atoms with Crippen molar-refractivity contribution in [2.24, 2.45) is 0 Å². The Balaban J connectivity index is 2.62. The number of aromatic amines is 1. The third-order valence-electron chi connectivity index (χ3n) is 1.81. The first-order valence-corrected chi connectivity index (χ1v) is 7.71. The van der Waals surface area contributed by atoms with E-state index in [1.165, 1.54) is 0 Å². The largest absolute Gasteiger partial charge is 0.301 e. The Bertz CT molecular complexity index is 365. The fourth-order valence-corrected chi connectivity index (χ4v) is 2.69. The van der Waals surface area contributed by atoms with Crippen LogP contribution in [0.4, 0.5) is 0 Å². The summed E-state index contributed by atoms with van der Waals surface area (Å²) in [6.07, 6.45) is 2.24. The van der Waals surface area contributed by atoms with E-state index in [0.29, 0.717) is 0 Å². The van der Waals surface area contributed by atoms with Crippen molar-refractivity contribution in [3.05, 3.63) is 22.1 Å². The number of thioether (sulfide) groups is 2. The molecule has 0 aliphatic carbocycles. The molecule has 16 heavy (non-hydrogen) atoms. The molecule has 1 rings (SSSR count). The first kappa shape index (κ1) is 13.6. The van der Waals surface area contributed by atoms with Gasteiger partial charge in [0.15, 0.2) is 5.16 Å². The fourth-order valence-electron chi connectivity index (χ4n) is 1.15. The number of nitrogens with zero attached hydrogens (tertiary/aromatic N) is 1. The molecule has 0 saturated carbocycles. The Morgan fingerprint density at radius 3 is 2.75 bits per heavy atom. The highest BCUT2D eigenvalue weighted by Gasteiger charge is 2.01. The van der Waals surface area contributed by atoms with Crippen molar-refractivity contribution in [3.63, 3.8) is 0 Å². The van der Waals surface area contributed by atoms with Gasteiger partial charge in [-0.3, -0.25) is 4.79 Å². The third kappa shape index (κ3) is 5.07. The van der Waals surface area contributed by atoms with Crippen molar-refractivity contribution in [1.82, 2.24) is 9.97 Å². The highest BCUT2D eigenvalue weighted by molar-refractivity contribution is 7.99. The van der Waals surface area contributed by atoms with Crippen molar-refractivity contribution in [1.29, 1.82) is 0 Å². The van der Waals surface area contributed by atoms with Crippen LogP contribution in [0.3, 0.4) is 0 Å². The number of hydrogen-bond acceptors (Lipinski definition) is 4. The van der Waals surface area contributed by atoms with Crippen molar-refractivity contribution in [3.8, 4) is 0 Å². The zero-order chi connectivity index (χ0) is 11.8. The SMILES string of the molecule is CCCSCc1cc(=O)[nH]c(SCCC)n1. The van der Waals surface area contributed by atoms with E-state index in [1.54, 1.807) is 17.8 Å². The van der Waals surface area contributed by atoms with Crippen LogP contribution in [0.25, 0.3) is 0 Å². The fraction of sp³-hybridized carbons (Fsp3) is 0.636. The number of H-pyrrole nitrogens is 1. The molecule has 0 aliphatic heterocycles. The molecular formula is C11H18N2OS2. The molecule has 0 amide bonds. The van der Waals surface area contributed by atoms with E-state index in [2.05, 4.69) is 23.8 Å². The van der Waals surface area contributed by atoms with Gasteiger partial charge in [0, 0.05) is 17.6 Å². The number of nitrogens with one attached hydrogen (secondary N) is 1. The van der Waals surface area contributed by atoms with E-state index in [-0.39, 0.29) is 5.56 Å². The molecule has 1 heterocycles. The second-order valence-electron chi connectivity index (χ2n) is 3.44. The number of aromatic nitrogens is 2. The van der Waals surface area contributed by atoms with Crippen molar-refractivity contribution < 1.29 is 0 Å². The predicted octanol–water partition coefficient (Wildman–Crippen LogP) is 2.92. The maximum absolute atomic E-state index is 11.4. The minimum Gasteiger partial charge on any atom is -0.301 e. The Labute approximate surface area is 105 Å². The molecule has 0 atom stereocenters. The maximum atomic E-state index is 11.4. The van der Waals surface area contributed by atoms with E-state index >= 15 is 0 Å². The normalized spacial score (nSPS) is 10.6. The van der Waals surface area contributed by atoms with Crippen LogP contribution in [0, 0.1) is 0 Å². The van der Waals surface area contributed by atoms with E-state index in [0.717, 1.165) is 41.0 Å². The summed E-state index contributed by atoms with van der Waals surface area (Å²) >= 11 is 3.44. The summed E-state index contributed by atoms with van der Waals surface area (Å²) in [6, 6.07) is 1.60. The van der Waals surface area contributed by atoms with Crippen molar-refractivity contribution in [2.45, 2.75) is 37.6 Å². The minimum absolute atomic E-state index is 0.0410. The summed E-state index contributed by atoms with van der Waals surface area (Å²) in [4.78, 5) is 18.6. The molecule has 1 N–H and O–H groups in total. The van der Waals surface area contributed by atoms with E-state index in [1.807, 2.05) is 11.8 Å². The molecule has 0 unspecified atom stereocenters. The highest BCUT2D eigenvalue weighted by Crippen LogP contribution is 2.15. The molecule has 1 aromatic heterocycles. The zero-order valence-electron chi connectivity index (χ0n) is 9.78. The molecule has 0 fully saturated rings. The lowest BCUT2D eigenvalue weighted by molar-refractivity contribution is 0.897. The standard InChI is InChI=1S/C11H18N2OS2/c1-3-5-15-8-9-7-10(14)13-11(12-9)16-6-4-2/h7H,3-6,8H2,1-2H3,(H,12,13,14). The van der Waals surface area contributed by atoms with Crippen LogP contribution in [0.15, 0.2) is 16.0 Å². The highest BCUT2D eigenvalue weighted by atomic mass is 32.2. The minimum atomic E-state index is -0.0410. The summed E-state index contributed by atoms with van der Waals surface area (Å²) in [7, 11) is 0. The smallest absolute Gasteiger partial charge is 0.251 e. The van der Waals surface area contributed by atoms with Crippen LogP contribution in [-0.4, -0.2) is 21.5 Å². The summed E-state index contributed by atoms with van der Waals surface area (Å²) in [6.45, 7) is 4.27. The Kier molecular flexibility index (Phi) is 6.64. The van der Waals surface area contributed by atoms with Crippen molar-refractivity contribution >= 4 is 23.5 Å². The lowest BCUT2D eigenvalue weighted by Gasteiger charge is -2.02. The molecular weight excluding hydrogens is 240 g/mol. The predicted molar refractivity (Wildman–Crippen MR) is 72.3 cm³/mol.